The molecule has 4 heteroatoms. The number of nitrogens with zero attached hydrogens (tertiary/aromatic N) is 1. The van der Waals surface area contributed by atoms with Crippen LogP contribution in [0.1, 0.15) is 5.56 Å². The van der Waals surface area contributed by atoms with Crippen molar-refractivity contribution in [1.82, 2.24) is 4.90 Å². The second kappa shape index (κ2) is 4.20. The van der Waals surface area contributed by atoms with Gasteiger partial charge < -0.3 is 9.64 Å². The van der Waals surface area contributed by atoms with Crippen LogP contribution in [-0.4, -0.2) is 31.6 Å². The van der Waals surface area contributed by atoms with Gasteiger partial charge in [0.25, 0.3) is 0 Å². The minimum atomic E-state index is 0.395. The zero-order valence-corrected chi connectivity index (χ0v) is 10.3. The van der Waals surface area contributed by atoms with Gasteiger partial charge in [-0.05, 0) is 38.2 Å². The molecular formula is C11H13Cl2NO. The summed E-state index contributed by atoms with van der Waals surface area (Å²) in [4.78, 5) is 2.15. The fourth-order valence-electron chi connectivity index (χ4n) is 1.75. The number of hydrogen-bond acceptors (Lipinski definition) is 2. The topological polar surface area (TPSA) is 12.5 Å². The van der Waals surface area contributed by atoms with Crippen LogP contribution in [-0.2, 0) is 6.42 Å². The lowest BCUT2D eigenvalue weighted by Crippen LogP contribution is -2.38. The van der Waals surface area contributed by atoms with Crippen LogP contribution in [0.4, 0.5) is 0 Å². The molecule has 0 spiro atoms. The third-order valence-corrected chi connectivity index (χ3v) is 3.19. The van der Waals surface area contributed by atoms with Crippen molar-refractivity contribution in [2.24, 2.45) is 0 Å². The van der Waals surface area contributed by atoms with E-state index in [2.05, 4.69) is 4.90 Å². The Balaban J connectivity index is 2.33. The average Bonchev–Trinajstić information content (AvgIpc) is 2.16. The maximum atomic E-state index is 6.05. The molecule has 1 heterocycles. The van der Waals surface area contributed by atoms with Crippen molar-refractivity contribution in [3.8, 4) is 5.75 Å². The Morgan fingerprint density at radius 2 is 2.07 bits per heavy atom. The van der Waals surface area contributed by atoms with Gasteiger partial charge in [-0.3, -0.25) is 0 Å². The van der Waals surface area contributed by atoms with E-state index < -0.39 is 0 Å². The highest BCUT2D eigenvalue weighted by Gasteiger charge is 2.23. The van der Waals surface area contributed by atoms with Gasteiger partial charge in [0, 0.05) is 11.1 Å². The Bertz CT molecular complexity index is 379. The van der Waals surface area contributed by atoms with Gasteiger partial charge in [0.05, 0.1) is 5.02 Å². The highest BCUT2D eigenvalue weighted by Crippen LogP contribution is 2.36. The molecule has 0 radical (unpaired) electrons. The zero-order valence-electron chi connectivity index (χ0n) is 8.76. The van der Waals surface area contributed by atoms with Gasteiger partial charge >= 0.3 is 0 Å². The number of halogens is 2. The Hall–Kier alpha value is -0.440. The number of hydrogen-bond donors (Lipinski definition) is 0. The summed E-state index contributed by atoms with van der Waals surface area (Å²) in [6, 6.07) is 4.04. The molecule has 2 rings (SSSR count). The Morgan fingerprint density at radius 1 is 1.33 bits per heavy atom. The molecule has 82 valence electrons. The number of benzene rings is 1. The number of likely N-dealkylation sites (N-methyl/N-ethyl adjacent to an activating group) is 1. The van der Waals surface area contributed by atoms with E-state index in [1.807, 2.05) is 20.2 Å². The highest BCUT2D eigenvalue weighted by atomic mass is 35.5. The van der Waals surface area contributed by atoms with Crippen LogP contribution in [0.25, 0.3) is 0 Å². The van der Waals surface area contributed by atoms with Crippen LogP contribution in [0.3, 0.4) is 0 Å². The van der Waals surface area contributed by atoms with Crippen LogP contribution in [0.15, 0.2) is 12.1 Å². The van der Waals surface area contributed by atoms with Crippen molar-refractivity contribution < 1.29 is 4.74 Å². The van der Waals surface area contributed by atoms with E-state index in [1.54, 1.807) is 6.07 Å². The first-order valence-electron chi connectivity index (χ1n) is 4.85. The van der Waals surface area contributed by atoms with Crippen molar-refractivity contribution in [1.29, 1.82) is 0 Å². The van der Waals surface area contributed by atoms with E-state index in [0.29, 0.717) is 22.7 Å². The van der Waals surface area contributed by atoms with Crippen molar-refractivity contribution in [2.75, 3.05) is 20.7 Å². The normalized spacial score (nSPS) is 19.9. The highest BCUT2D eigenvalue weighted by molar-refractivity contribution is 6.35. The van der Waals surface area contributed by atoms with E-state index in [9.17, 15) is 0 Å². The fourth-order valence-corrected chi connectivity index (χ4v) is 2.34. The predicted molar refractivity (Wildman–Crippen MR) is 63.1 cm³/mol. The largest absolute Gasteiger partial charge is 0.490 e. The van der Waals surface area contributed by atoms with Gasteiger partial charge in [-0.15, -0.1) is 0 Å². The van der Waals surface area contributed by atoms with Gasteiger partial charge in [0.2, 0.25) is 0 Å². The monoisotopic (exact) mass is 245 g/mol. The summed E-state index contributed by atoms with van der Waals surface area (Å²) < 4.78 is 5.65. The maximum absolute atomic E-state index is 6.05. The maximum Gasteiger partial charge on any atom is 0.141 e. The molecule has 0 fully saturated rings. The molecule has 0 amide bonds. The standard InChI is InChI=1S/C11H13Cl2NO/c1-14(2)9-4-7-3-8(12)5-10(13)11(7)15-6-9/h3,5,9H,4,6H2,1-2H3. The molecule has 0 saturated heterocycles. The SMILES string of the molecule is CN(C)C1COc2c(Cl)cc(Cl)cc2C1. The molecular weight excluding hydrogens is 233 g/mol. The first-order valence-corrected chi connectivity index (χ1v) is 5.60. The van der Waals surface area contributed by atoms with Crippen molar-refractivity contribution in [3.63, 3.8) is 0 Å². The molecule has 1 aromatic rings. The van der Waals surface area contributed by atoms with Crippen molar-refractivity contribution in [3.05, 3.63) is 27.7 Å². The summed E-state index contributed by atoms with van der Waals surface area (Å²) in [6.45, 7) is 0.682. The lowest BCUT2D eigenvalue weighted by molar-refractivity contribution is 0.165. The molecule has 0 aliphatic carbocycles. The van der Waals surface area contributed by atoms with Crippen LogP contribution in [0.5, 0.6) is 5.75 Å². The molecule has 2 nitrogen and oxygen atoms in total. The van der Waals surface area contributed by atoms with Gasteiger partial charge in [-0.2, -0.15) is 0 Å². The molecule has 1 aliphatic rings. The molecule has 0 aromatic heterocycles. The minimum Gasteiger partial charge on any atom is -0.490 e. The van der Waals surface area contributed by atoms with Crippen LogP contribution in [0, 0.1) is 0 Å². The van der Waals surface area contributed by atoms with Crippen molar-refractivity contribution in [2.45, 2.75) is 12.5 Å². The second-order valence-corrected chi connectivity index (χ2v) is 4.85. The Kier molecular flexibility index (Phi) is 3.10. The third-order valence-electron chi connectivity index (χ3n) is 2.69. The third kappa shape index (κ3) is 2.22. The van der Waals surface area contributed by atoms with E-state index in [1.165, 1.54) is 0 Å². The molecule has 1 aliphatic heterocycles. The molecule has 1 atom stereocenters. The van der Waals surface area contributed by atoms with Gasteiger partial charge in [-0.25, -0.2) is 0 Å². The minimum absolute atomic E-state index is 0.395. The summed E-state index contributed by atoms with van der Waals surface area (Å²) in [5.41, 5.74) is 1.09. The molecule has 1 unspecified atom stereocenters. The van der Waals surface area contributed by atoms with E-state index >= 15 is 0 Å². The summed E-state index contributed by atoms with van der Waals surface area (Å²) in [7, 11) is 4.09. The molecule has 0 N–H and O–H groups in total. The second-order valence-electron chi connectivity index (χ2n) is 4.01. The van der Waals surface area contributed by atoms with Crippen LogP contribution in [0.2, 0.25) is 10.0 Å². The molecule has 0 bridgehead atoms. The summed E-state index contributed by atoms with van der Waals surface area (Å²) in [5, 5.41) is 1.27. The van der Waals surface area contributed by atoms with Crippen LogP contribution >= 0.6 is 23.2 Å². The lowest BCUT2D eigenvalue weighted by atomic mass is 10.0. The van der Waals surface area contributed by atoms with Gasteiger partial charge in [0.15, 0.2) is 0 Å². The van der Waals surface area contributed by atoms with Crippen molar-refractivity contribution >= 4 is 23.2 Å². The number of fused-ring (bicyclic) bond motifs is 1. The zero-order chi connectivity index (χ0) is 11.0. The summed E-state index contributed by atoms with van der Waals surface area (Å²) >= 11 is 12.0. The average molecular weight is 246 g/mol. The molecule has 1 aromatic carbocycles. The Morgan fingerprint density at radius 3 is 2.73 bits per heavy atom. The first-order chi connectivity index (χ1) is 7.08. The smallest absolute Gasteiger partial charge is 0.141 e. The number of ether oxygens (including phenoxy) is 1. The van der Waals surface area contributed by atoms with Crippen LogP contribution < -0.4 is 4.74 Å². The predicted octanol–water partition coefficient (Wildman–Crippen LogP) is 2.86. The van der Waals surface area contributed by atoms with E-state index in [4.69, 9.17) is 27.9 Å². The Labute approximate surface area is 99.7 Å². The van der Waals surface area contributed by atoms with Gasteiger partial charge in [-0.1, -0.05) is 23.2 Å². The summed E-state index contributed by atoms with van der Waals surface area (Å²) in [6.07, 6.45) is 0.933. The van der Waals surface area contributed by atoms with Gasteiger partial charge in [0.1, 0.15) is 12.4 Å². The fraction of sp³-hybridized carbons (Fsp3) is 0.455. The molecule has 15 heavy (non-hydrogen) atoms. The number of rotatable bonds is 1. The quantitative estimate of drug-likeness (QED) is 0.755. The first kappa shape index (κ1) is 11.1. The summed E-state index contributed by atoms with van der Waals surface area (Å²) in [5.74, 6) is 0.791. The lowest BCUT2D eigenvalue weighted by Gasteiger charge is -2.30. The molecule has 0 saturated carbocycles. The van der Waals surface area contributed by atoms with E-state index in [0.717, 1.165) is 17.7 Å². The van der Waals surface area contributed by atoms with E-state index in [-0.39, 0.29) is 0 Å².